The third-order valence-corrected chi connectivity index (χ3v) is 3.50. The van der Waals surface area contributed by atoms with E-state index in [1.54, 1.807) is 6.08 Å². The lowest BCUT2D eigenvalue weighted by molar-refractivity contribution is -0.193. The van der Waals surface area contributed by atoms with Crippen molar-refractivity contribution in [3.8, 4) is 0 Å². The zero-order chi connectivity index (χ0) is 13.6. The van der Waals surface area contributed by atoms with E-state index in [4.69, 9.17) is 9.84 Å². The van der Waals surface area contributed by atoms with Crippen molar-refractivity contribution in [2.45, 2.75) is 44.4 Å². The summed E-state index contributed by atoms with van der Waals surface area (Å²) in [5, 5.41) is 8.94. The first kappa shape index (κ1) is 15.5. The van der Waals surface area contributed by atoms with Crippen molar-refractivity contribution in [2.75, 3.05) is 13.7 Å². The van der Waals surface area contributed by atoms with Gasteiger partial charge in [0.1, 0.15) is 5.92 Å². The molecule has 1 fully saturated rings. The van der Waals surface area contributed by atoms with Crippen molar-refractivity contribution in [3.05, 3.63) is 12.2 Å². The van der Waals surface area contributed by atoms with Crippen LogP contribution < -0.4 is 0 Å². The number of allylic oxidation sites excluding steroid dienone is 1. The van der Waals surface area contributed by atoms with E-state index in [-0.39, 0.29) is 5.92 Å². The van der Waals surface area contributed by atoms with E-state index >= 15 is 0 Å². The first-order valence-electron chi connectivity index (χ1n) is 6.37. The maximum absolute atomic E-state index is 12.9. The first-order valence-corrected chi connectivity index (χ1v) is 6.37. The average Bonchev–Trinajstić information content (AvgIpc) is 2.34. The molecule has 1 rings (SSSR count). The summed E-state index contributed by atoms with van der Waals surface area (Å²) in [7, 11) is 1.19. The van der Waals surface area contributed by atoms with Gasteiger partial charge in [0.2, 0.25) is 0 Å². The number of aliphatic hydroxyl groups excluding tert-OH is 1. The minimum Gasteiger partial charge on any atom is -0.394 e. The lowest BCUT2D eigenvalue weighted by Gasteiger charge is -2.25. The summed E-state index contributed by atoms with van der Waals surface area (Å²) in [6.45, 7) is -0.629. The number of methoxy groups -OCH3 is 1. The Morgan fingerprint density at radius 1 is 1.28 bits per heavy atom. The van der Waals surface area contributed by atoms with Gasteiger partial charge in [-0.3, -0.25) is 0 Å². The van der Waals surface area contributed by atoms with Gasteiger partial charge in [-0.15, -0.1) is 0 Å². The molecule has 18 heavy (non-hydrogen) atoms. The Balaban J connectivity index is 2.68. The second-order valence-corrected chi connectivity index (χ2v) is 4.81. The number of hydrogen-bond acceptors (Lipinski definition) is 2. The maximum atomic E-state index is 12.9. The Morgan fingerprint density at radius 3 is 2.33 bits per heavy atom. The summed E-state index contributed by atoms with van der Waals surface area (Å²) in [4.78, 5) is 0. The number of alkyl halides is 3. The minimum absolute atomic E-state index is 0.236. The number of rotatable bonds is 5. The van der Waals surface area contributed by atoms with Crippen LogP contribution in [0.5, 0.6) is 0 Å². The molecule has 1 aliphatic carbocycles. The quantitative estimate of drug-likeness (QED) is 0.774. The number of aliphatic hydroxyl groups is 1. The molecule has 0 heterocycles. The third kappa shape index (κ3) is 4.61. The molecule has 0 aromatic heterocycles. The van der Waals surface area contributed by atoms with E-state index in [9.17, 15) is 13.2 Å². The van der Waals surface area contributed by atoms with Gasteiger partial charge in [-0.05, 0) is 18.8 Å². The molecular formula is C13H21F3O2. The Kier molecular flexibility index (Phi) is 6.15. The second kappa shape index (κ2) is 7.14. The van der Waals surface area contributed by atoms with Gasteiger partial charge >= 0.3 is 6.18 Å². The van der Waals surface area contributed by atoms with Gasteiger partial charge in [-0.1, -0.05) is 31.4 Å². The van der Waals surface area contributed by atoms with Crippen LogP contribution in [-0.4, -0.2) is 31.1 Å². The molecule has 0 bridgehead atoms. The Labute approximate surface area is 106 Å². The highest BCUT2D eigenvalue weighted by Gasteiger charge is 2.43. The van der Waals surface area contributed by atoms with Crippen molar-refractivity contribution in [1.82, 2.24) is 0 Å². The van der Waals surface area contributed by atoms with Gasteiger partial charge in [-0.2, -0.15) is 13.2 Å². The summed E-state index contributed by atoms with van der Waals surface area (Å²) in [6.07, 6.45) is 2.47. The molecule has 1 saturated carbocycles. The lowest BCUT2D eigenvalue weighted by Crippen LogP contribution is -2.36. The molecule has 1 N–H and O–H groups in total. The summed E-state index contributed by atoms with van der Waals surface area (Å²) in [5.74, 6) is -1.49. The smallest absolute Gasteiger partial charge is 0.394 e. The van der Waals surface area contributed by atoms with Crippen LogP contribution in [0, 0.1) is 11.8 Å². The molecule has 1 aliphatic rings. The molecule has 0 saturated heterocycles. The zero-order valence-corrected chi connectivity index (χ0v) is 10.6. The number of hydrogen-bond donors (Lipinski definition) is 1. The minimum atomic E-state index is -4.38. The van der Waals surface area contributed by atoms with E-state index < -0.39 is 24.8 Å². The fraction of sp³-hybridized carbons (Fsp3) is 0.846. The fourth-order valence-electron chi connectivity index (χ4n) is 2.38. The van der Waals surface area contributed by atoms with E-state index in [1.807, 2.05) is 0 Å². The van der Waals surface area contributed by atoms with Gasteiger partial charge in [0.05, 0.1) is 12.7 Å². The third-order valence-electron chi connectivity index (χ3n) is 3.50. The van der Waals surface area contributed by atoms with Crippen molar-refractivity contribution < 1.29 is 23.0 Å². The summed E-state index contributed by atoms with van der Waals surface area (Å²) in [5.41, 5.74) is 0. The summed E-state index contributed by atoms with van der Waals surface area (Å²) in [6, 6.07) is 0. The Morgan fingerprint density at radius 2 is 1.89 bits per heavy atom. The second-order valence-electron chi connectivity index (χ2n) is 4.81. The molecule has 0 amide bonds. The maximum Gasteiger partial charge on any atom is 0.397 e. The van der Waals surface area contributed by atoms with Gasteiger partial charge in [-0.25, -0.2) is 0 Å². The first-order chi connectivity index (χ1) is 8.49. The molecule has 106 valence electrons. The zero-order valence-electron chi connectivity index (χ0n) is 10.6. The van der Waals surface area contributed by atoms with Crippen molar-refractivity contribution in [2.24, 2.45) is 11.8 Å². The molecule has 2 atom stereocenters. The van der Waals surface area contributed by atoms with Crippen LogP contribution in [0.15, 0.2) is 12.2 Å². The fourth-order valence-corrected chi connectivity index (χ4v) is 2.38. The van der Waals surface area contributed by atoms with Crippen LogP contribution in [0.3, 0.4) is 0 Å². The monoisotopic (exact) mass is 266 g/mol. The molecule has 0 spiro atoms. The van der Waals surface area contributed by atoms with Crippen LogP contribution in [0.2, 0.25) is 0 Å². The Hall–Kier alpha value is -0.550. The summed E-state index contributed by atoms with van der Waals surface area (Å²) < 4.78 is 43.3. The predicted molar refractivity (Wildman–Crippen MR) is 63.1 cm³/mol. The standard InChI is InChI=1S/C13H21F3O2/c1-18-12(9-17)11(13(14,15)16)8-7-10-5-3-2-4-6-10/h7-8,10-12,17H,2-6,9H2,1H3/b8-7+/t11-,12-/m1/s1. The SMILES string of the molecule is CO[C@H](CO)[C@@H](/C=C/C1CCCCC1)C(F)(F)F. The van der Waals surface area contributed by atoms with E-state index in [0.717, 1.165) is 25.7 Å². The van der Waals surface area contributed by atoms with E-state index in [0.29, 0.717) is 0 Å². The van der Waals surface area contributed by atoms with Crippen molar-refractivity contribution in [3.63, 3.8) is 0 Å². The molecule has 5 heteroatoms. The highest BCUT2D eigenvalue weighted by molar-refractivity contribution is 4.99. The molecular weight excluding hydrogens is 245 g/mol. The van der Waals surface area contributed by atoms with E-state index in [1.165, 1.54) is 19.6 Å². The molecule has 0 aliphatic heterocycles. The highest BCUT2D eigenvalue weighted by Crippen LogP contribution is 2.33. The van der Waals surface area contributed by atoms with Crippen molar-refractivity contribution >= 4 is 0 Å². The molecule has 0 unspecified atom stereocenters. The van der Waals surface area contributed by atoms with Gasteiger partial charge in [0.25, 0.3) is 0 Å². The van der Waals surface area contributed by atoms with Crippen LogP contribution >= 0.6 is 0 Å². The van der Waals surface area contributed by atoms with Crippen LogP contribution in [0.25, 0.3) is 0 Å². The largest absolute Gasteiger partial charge is 0.397 e. The molecule has 2 nitrogen and oxygen atoms in total. The van der Waals surface area contributed by atoms with Crippen molar-refractivity contribution in [1.29, 1.82) is 0 Å². The molecule has 0 aromatic rings. The van der Waals surface area contributed by atoms with E-state index in [2.05, 4.69) is 0 Å². The van der Waals surface area contributed by atoms with Crippen LogP contribution in [0.4, 0.5) is 13.2 Å². The van der Waals surface area contributed by atoms with Crippen LogP contribution in [-0.2, 0) is 4.74 Å². The van der Waals surface area contributed by atoms with Gasteiger partial charge in [0.15, 0.2) is 0 Å². The predicted octanol–water partition coefficient (Wildman–Crippen LogP) is 3.31. The van der Waals surface area contributed by atoms with Crippen LogP contribution in [0.1, 0.15) is 32.1 Å². The lowest BCUT2D eigenvalue weighted by atomic mass is 9.87. The van der Waals surface area contributed by atoms with Gasteiger partial charge in [0, 0.05) is 7.11 Å². The van der Waals surface area contributed by atoms with Gasteiger partial charge < -0.3 is 9.84 Å². The highest BCUT2D eigenvalue weighted by atomic mass is 19.4. The molecule has 0 radical (unpaired) electrons. The normalized spacial score (nSPS) is 22.3. The average molecular weight is 266 g/mol. The topological polar surface area (TPSA) is 29.5 Å². The number of halogens is 3. The number of ether oxygens (including phenoxy) is 1. The molecule has 0 aromatic carbocycles. The summed E-state index contributed by atoms with van der Waals surface area (Å²) >= 11 is 0. The Bertz CT molecular complexity index is 253.